The van der Waals surface area contributed by atoms with Crippen LogP contribution in [0.1, 0.15) is 24.8 Å². The molecule has 2 heteroatoms. The monoisotopic (exact) mass is 230 g/mol. The van der Waals surface area contributed by atoms with Crippen molar-refractivity contribution in [3.05, 3.63) is 42.0 Å². The first-order chi connectivity index (χ1) is 8.25. The number of benzene rings is 1. The highest BCUT2D eigenvalue weighted by atomic mass is 15.1. The summed E-state index contributed by atoms with van der Waals surface area (Å²) in [6, 6.07) is 9.44. The number of nitrogens with one attached hydrogen (secondary N) is 1. The largest absolute Gasteiger partial charge is 0.378 e. The van der Waals surface area contributed by atoms with Crippen LogP contribution in [0.5, 0.6) is 0 Å². The van der Waals surface area contributed by atoms with Crippen LogP contribution in [0, 0.1) is 0 Å². The average molecular weight is 230 g/mol. The first-order valence-electron chi connectivity index (χ1n) is 6.40. The molecule has 0 radical (unpaired) electrons. The number of rotatable bonds is 4. The number of allylic oxidation sites excluding steroid dienone is 1. The van der Waals surface area contributed by atoms with Gasteiger partial charge >= 0.3 is 0 Å². The predicted molar refractivity (Wildman–Crippen MR) is 74.4 cm³/mol. The van der Waals surface area contributed by atoms with Gasteiger partial charge in [0.1, 0.15) is 0 Å². The molecule has 1 atom stereocenters. The molecular weight excluding hydrogens is 208 g/mol. The summed E-state index contributed by atoms with van der Waals surface area (Å²) in [5.41, 5.74) is 2.62. The van der Waals surface area contributed by atoms with Crippen molar-refractivity contribution in [2.24, 2.45) is 0 Å². The molecule has 0 spiro atoms. The van der Waals surface area contributed by atoms with E-state index in [0.717, 1.165) is 6.54 Å². The van der Waals surface area contributed by atoms with E-state index in [9.17, 15) is 0 Å². The van der Waals surface area contributed by atoms with Crippen molar-refractivity contribution in [3.8, 4) is 0 Å². The maximum absolute atomic E-state index is 3.62. The maximum atomic E-state index is 3.62. The second-order valence-corrected chi connectivity index (χ2v) is 4.92. The van der Waals surface area contributed by atoms with Gasteiger partial charge in [0.25, 0.3) is 0 Å². The topological polar surface area (TPSA) is 15.3 Å². The van der Waals surface area contributed by atoms with E-state index in [1.165, 1.54) is 30.5 Å². The van der Waals surface area contributed by atoms with E-state index in [-0.39, 0.29) is 0 Å². The molecule has 1 unspecified atom stereocenters. The molecule has 1 aliphatic rings. The van der Waals surface area contributed by atoms with E-state index in [4.69, 9.17) is 0 Å². The van der Waals surface area contributed by atoms with E-state index < -0.39 is 0 Å². The number of hydrogen-bond acceptors (Lipinski definition) is 2. The Labute approximate surface area is 104 Å². The van der Waals surface area contributed by atoms with Gasteiger partial charge in [0.2, 0.25) is 0 Å². The van der Waals surface area contributed by atoms with E-state index in [2.05, 4.69) is 60.7 Å². The highest BCUT2D eigenvalue weighted by Crippen LogP contribution is 2.14. The highest BCUT2D eigenvalue weighted by molar-refractivity contribution is 5.45. The lowest BCUT2D eigenvalue weighted by Gasteiger charge is -2.19. The van der Waals surface area contributed by atoms with Crippen LogP contribution in [0.25, 0.3) is 0 Å². The van der Waals surface area contributed by atoms with Crippen LogP contribution in [0.15, 0.2) is 36.4 Å². The second kappa shape index (κ2) is 5.87. The van der Waals surface area contributed by atoms with Gasteiger partial charge < -0.3 is 10.2 Å². The lowest BCUT2D eigenvalue weighted by atomic mass is 10.0. The van der Waals surface area contributed by atoms with Gasteiger partial charge in [-0.3, -0.25) is 0 Å². The van der Waals surface area contributed by atoms with E-state index in [1.807, 2.05) is 0 Å². The molecular formula is C15H22N2. The Kier molecular flexibility index (Phi) is 4.21. The summed E-state index contributed by atoms with van der Waals surface area (Å²) in [7, 11) is 4.14. The minimum atomic E-state index is 0.661. The Hall–Kier alpha value is -1.28. The Morgan fingerprint density at radius 3 is 2.53 bits per heavy atom. The van der Waals surface area contributed by atoms with E-state index >= 15 is 0 Å². The molecule has 0 amide bonds. The Bertz CT molecular complexity index is 365. The zero-order chi connectivity index (χ0) is 12.1. The predicted octanol–water partition coefficient (Wildman–Crippen LogP) is 2.95. The summed E-state index contributed by atoms with van der Waals surface area (Å²) >= 11 is 0. The smallest absolute Gasteiger partial charge is 0.0361 e. The van der Waals surface area contributed by atoms with Crippen molar-refractivity contribution in [3.63, 3.8) is 0 Å². The van der Waals surface area contributed by atoms with Gasteiger partial charge in [-0.15, -0.1) is 0 Å². The molecule has 0 heterocycles. The fourth-order valence-electron chi connectivity index (χ4n) is 2.15. The van der Waals surface area contributed by atoms with Gasteiger partial charge in [0.15, 0.2) is 0 Å². The number of hydrogen-bond donors (Lipinski definition) is 1. The molecule has 0 saturated heterocycles. The fraction of sp³-hybridized carbons (Fsp3) is 0.467. The Morgan fingerprint density at radius 1 is 1.18 bits per heavy atom. The number of anilines is 1. The molecule has 0 aliphatic heterocycles. The first kappa shape index (κ1) is 12.2. The molecule has 92 valence electrons. The zero-order valence-corrected chi connectivity index (χ0v) is 10.8. The van der Waals surface area contributed by atoms with Crippen molar-refractivity contribution in [1.82, 2.24) is 5.32 Å². The third kappa shape index (κ3) is 3.60. The second-order valence-electron chi connectivity index (χ2n) is 4.92. The third-order valence-electron chi connectivity index (χ3n) is 3.32. The summed E-state index contributed by atoms with van der Waals surface area (Å²) in [5, 5.41) is 3.62. The molecule has 1 N–H and O–H groups in total. The molecule has 1 aromatic carbocycles. The molecule has 0 aromatic heterocycles. The van der Waals surface area contributed by atoms with Gasteiger partial charge in [-0.25, -0.2) is 0 Å². The third-order valence-corrected chi connectivity index (χ3v) is 3.32. The molecule has 0 bridgehead atoms. The average Bonchev–Trinajstić information content (AvgIpc) is 2.38. The molecule has 2 rings (SSSR count). The van der Waals surface area contributed by atoms with Crippen LogP contribution in [0.4, 0.5) is 5.69 Å². The van der Waals surface area contributed by atoms with Gasteiger partial charge in [0, 0.05) is 32.4 Å². The van der Waals surface area contributed by atoms with Crippen LogP contribution in [0.3, 0.4) is 0 Å². The molecule has 1 aliphatic carbocycles. The fourth-order valence-corrected chi connectivity index (χ4v) is 2.15. The maximum Gasteiger partial charge on any atom is 0.0361 e. The van der Waals surface area contributed by atoms with Crippen molar-refractivity contribution >= 4 is 5.69 Å². The molecule has 17 heavy (non-hydrogen) atoms. The minimum absolute atomic E-state index is 0.661. The summed E-state index contributed by atoms with van der Waals surface area (Å²) in [6.45, 7) is 0.978. The SMILES string of the molecule is CN(C)c1ccc(CNC2CC=CCC2)cc1. The standard InChI is InChI=1S/C15H22N2/c1-17(2)15-10-8-13(9-11-15)12-16-14-6-4-3-5-7-14/h3-4,8-11,14,16H,5-7,12H2,1-2H3. The van der Waals surface area contributed by atoms with Crippen molar-refractivity contribution in [1.29, 1.82) is 0 Å². The van der Waals surface area contributed by atoms with Crippen LogP contribution in [-0.4, -0.2) is 20.1 Å². The minimum Gasteiger partial charge on any atom is -0.378 e. The highest BCUT2D eigenvalue weighted by Gasteiger charge is 2.08. The Morgan fingerprint density at radius 2 is 1.94 bits per heavy atom. The normalized spacial score (nSPS) is 19.3. The lowest BCUT2D eigenvalue weighted by molar-refractivity contribution is 0.474. The first-order valence-corrected chi connectivity index (χ1v) is 6.40. The molecule has 2 nitrogen and oxygen atoms in total. The van der Waals surface area contributed by atoms with Crippen LogP contribution in [0.2, 0.25) is 0 Å². The van der Waals surface area contributed by atoms with Crippen LogP contribution in [-0.2, 0) is 6.54 Å². The van der Waals surface area contributed by atoms with Gasteiger partial charge in [-0.05, 0) is 37.0 Å². The lowest BCUT2D eigenvalue weighted by Crippen LogP contribution is -2.29. The van der Waals surface area contributed by atoms with Crippen LogP contribution < -0.4 is 10.2 Å². The molecule has 0 saturated carbocycles. The van der Waals surface area contributed by atoms with Gasteiger partial charge in [-0.1, -0.05) is 24.3 Å². The summed E-state index contributed by atoms with van der Waals surface area (Å²) in [4.78, 5) is 2.13. The summed E-state index contributed by atoms with van der Waals surface area (Å²) in [6.07, 6.45) is 8.24. The van der Waals surface area contributed by atoms with Gasteiger partial charge in [0.05, 0.1) is 0 Å². The van der Waals surface area contributed by atoms with Crippen molar-refractivity contribution in [2.75, 3.05) is 19.0 Å². The number of nitrogens with zero attached hydrogens (tertiary/aromatic N) is 1. The molecule has 0 fully saturated rings. The zero-order valence-electron chi connectivity index (χ0n) is 10.8. The summed E-state index contributed by atoms with van der Waals surface area (Å²) in [5.74, 6) is 0. The van der Waals surface area contributed by atoms with Crippen molar-refractivity contribution in [2.45, 2.75) is 31.8 Å². The van der Waals surface area contributed by atoms with Crippen molar-refractivity contribution < 1.29 is 0 Å². The quantitative estimate of drug-likeness (QED) is 0.800. The Balaban J connectivity index is 1.84. The summed E-state index contributed by atoms with van der Waals surface area (Å²) < 4.78 is 0. The van der Waals surface area contributed by atoms with E-state index in [0.29, 0.717) is 6.04 Å². The van der Waals surface area contributed by atoms with E-state index in [1.54, 1.807) is 0 Å². The molecule has 1 aromatic rings. The van der Waals surface area contributed by atoms with Crippen LogP contribution >= 0.6 is 0 Å². The van der Waals surface area contributed by atoms with Gasteiger partial charge in [-0.2, -0.15) is 0 Å².